The van der Waals surface area contributed by atoms with Gasteiger partial charge in [0.1, 0.15) is 0 Å². The molecule has 0 radical (unpaired) electrons. The summed E-state index contributed by atoms with van der Waals surface area (Å²) in [6.07, 6.45) is 0. The second-order valence-corrected chi connectivity index (χ2v) is 3.91. The quantitative estimate of drug-likeness (QED) is 0.426. The fourth-order valence-electron chi connectivity index (χ4n) is 1.90. The molecule has 82 valence electrons. The molecular formula is C11H7ClO4. The van der Waals surface area contributed by atoms with Crippen LogP contribution in [0.15, 0.2) is 6.07 Å². The number of rotatable bonds is 1. The van der Waals surface area contributed by atoms with E-state index in [4.69, 9.17) is 11.6 Å². The molecule has 0 bridgehead atoms. The van der Waals surface area contributed by atoms with Gasteiger partial charge in [0, 0.05) is 5.56 Å². The fraction of sp³-hybridized carbons (Fsp3) is 0.182. The predicted molar refractivity (Wildman–Crippen MR) is 55.8 cm³/mol. The molecule has 0 aromatic heterocycles. The first-order chi connectivity index (χ1) is 7.43. The van der Waals surface area contributed by atoms with Crippen molar-refractivity contribution in [1.29, 1.82) is 0 Å². The van der Waals surface area contributed by atoms with Gasteiger partial charge in [-0.15, -0.1) is 0 Å². The Bertz CT molecular complexity index is 545. The van der Waals surface area contributed by atoms with Gasteiger partial charge in [0.25, 0.3) is 5.24 Å². The molecule has 1 aromatic rings. The van der Waals surface area contributed by atoms with Gasteiger partial charge < -0.3 is 4.74 Å². The van der Waals surface area contributed by atoms with Crippen molar-refractivity contribution in [2.45, 2.75) is 13.8 Å². The summed E-state index contributed by atoms with van der Waals surface area (Å²) in [5, 5.41) is -0.648. The lowest BCUT2D eigenvalue weighted by Crippen LogP contribution is -2.05. The van der Waals surface area contributed by atoms with E-state index in [0.29, 0.717) is 11.1 Å². The van der Waals surface area contributed by atoms with E-state index in [2.05, 4.69) is 4.74 Å². The van der Waals surface area contributed by atoms with Crippen LogP contribution in [0.3, 0.4) is 0 Å². The van der Waals surface area contributed by atoms with Crippen LogP contribution in [0.1, 0.15) is 42.2 Å². The van der Waals surface area contributed by atoms with E-state index in [0.717, 1.165) is 0 Å². The molecule has 0 amide bonds. The van der Waals surface area contributed by atoms with Gasteiger partial charge in [-0.05, 0) is 42.6 Å². The molecule has 1 aromatic carbocycles. The molecule has 0 N–H and O–H groups in total. The molecule has 0 fully saturated rings. The number of ether oxygens (including phenoxy) is 1. The molecule has 1 aliphatic rings. The third-order valence-corrected chi connectivity index (χ3v) is 2.77. The van der Waals surface area contributed by atoms with Crippen LogP contribution in [0.2, 0.25) is 0 Å². The van der Waals surface area contributed by atoms with E-state index in [1.54, 1.807) is 13.8 Å². The number of benzene rings is 1. The Hall–Kier alpha value is -1.68. The minimum absolute atomic E-state index is 0.139. The predicted octanol–water partition coefficient (Wildman–Crippen LogP) is 1.99. The number of hydrogen-bond donors (Lipinski definition) is 0. The summed E-state index contributed by atoms with van der Waals surface area (Å²) >= 11 is 5.42. The topological polar surface area (TPSA) is 60.4 Å². The minimum Gasteiger partial charge on any atom is -0.386 e. The average molecular weight is 239 g/mol. The number of carbonyl (C=O) groups excluding carboxylic acids is 3. The number of aryl methyl sites for hydroxylation is 1. The number of hydrogen-bond acceptors (Lipinski definition) is 4. The molecule has 0 unspecified atom stereocenters. The van der Waals surface area contributed by atoms with Crippen molar-refractivity contribution in [2.24, 2.45) is 0 Å². The molecule has 5 heteroatoms. The van der Waals surface area contributed by atoms with Gasteiger partial charge >= 0.3 is 11.9 Å². The average Bonchev–Trinajstić information content (AvgIpc) is 2.41. The Kier molecular flexibility index (Phi) is 2.31. The maximum absolute atomic E-state index is 11.4. The summed E-state index contributed by atoms with van der Waals surface area (Å²) in [7, 11) is 0. The number of halogens is 1. The molecule has 0 aliphatic carbocycles. The Balaban J connectivity index is 2.83. The fourth-order valence-corrected chi connectivity index (χ4v) is 2.19. The SMILES string of the molecule is Cc1cc2c(c(C)c1C(=O)Cl)C(=O)OC2=O. The Morgan fingerprint density at radius 3 is 2.44 bits per heavy atom. The highest BCUT2D eigenvalue weighted by molar-refractivity contribution is 6.68. The molecule has 1 aliphatic heterocycles. The normalized spacial score (nSPS) is 13.7. The Morgan fingerprint density at radius 2 is 1.88 bits per heavy atom. The van der Waals surface area contributed by atoms with E-state index in [9.17, 15) is 14.4 Å². The van der Waals surface area contributed by atoms with Gasteiger partial charge in [-0.3, -0.25) is 4.79 Å². The second kappa shape index (κ2) is 3.42. The number of fused-ring (bicyclic) bond motifs is 1. The van der Waals surface area contributed by atoms with Gasteiger partial charge in [-0.25, -0.2) is 9.59 Å². The van der Waals surface area contributed by atoms with E-state index in [1.165, 1.54) is 6.07 Å². The van der Waals surface area contributed by atoms with Crippen molar-refractivity contribution >= 4 is 28.8 Å². The first-order valence-corrected chi connectivity index (χ1v) is 4.91. The standard InChI is InChI=1S/C11H7ClO4/c1-4-3-6-8(11(15)16-10(6)14)5(2)7(4)9(12)13/h3H,1-2H3. The summed E-state index contributed by atoms with van der Waals surface area (Å²) in [4.78, 5) is 33.9. The molecule has 0 saturated heterocycles. The number of esters is 2. The molecule has 0 atom stereocenters. The summed E-state index contributed by atoms with van der Waals surface area (Å²) in [6, 6.07) is 1.45. The lowest BCUT2D eigenvalue weighted by atomic mass is 9.94. The number of carbonyl (C=O) groups is 3. The Labute approximate surface area is 96.2 Å². The number of cyclic esters (lactones) is 2. The lowest BCUT2D eigenvalue weighted by molar-refractivity contribution is 0.0443. The van der Waals surface area contributed by atoms with Crippen molar-refractivity contribution < 1.29 is 19.1 Å². The van der Waals surface area contributed by atoms with Crippen molar-refractivity contribution in [3.05, 3.63) is 33.9 Å². The van der Waals surface area contributed by atoms with Crippen molar-refractivity contribution in [3.63, 3.8) is 0 Å². The van der Waals surface area contributed by atoms with Crippen LogP contribution in [0.25, 0.3) is 0 Å². The maximum Gasteiger partial charge on any atom is 0.347 e. The van der Waals surface area contributed by atoms with Gasteiger partial charge in [0.05, 0.1) is 11.1 Å². The largest absolute Gasteiger partial charge is 0.386 e. The Morgan fingerprint density at radius 1 is 1.25 bits per heavy atom. The first-order valence-electron chi connectivity index (χ1n) is 4.54. The van der Waals surface area contributed by atoms with Crippen molar-refractivity contribution in [1.82, 2.24) is 0 Å². The van der Waals surface area contributed by atoms with Gasteiger partial charge in [0.2, 0.25) is 0 Å². The third kappa shape index (κ3) is 1.34. The molecule has 0 spiro atoms. The lowest BCUT2D eigenvalue weighted by Gasteiger charge is -2.07. The van der Waals surface area contributed by atoms with Gasteiger partial charge in [-0.2, -0.15) is 0 Å². The van der Waals surface area contributed by atoms with Gasteiger partial charge in [-0.1, -0.05) is 0 Å². The monoisotopic (exact) mass is 238 g/mol. The molecule has 2 rings (SSSR count). The molecule has 0 saturated carbocycles. The van der Waals surface area contributed by atoms with Crippen LogP contribution in [0.4, 0.5) is 0 Å². The summed E-state index contributed by atoms with van der Waals surface area (Å²) in [5.74, 6) is -1.41. The second-order valence-electron chi connectivity index (χ2n) is 3.57. The van der Waals surface area contributed by atoms with Crippen LogP contribution in [0, 0.1) is 13.8 Å². The van der Waals surface area contributed by atoms with Gasteiger partial charge in [0.15, 0.2) is 0 Å². The zero-order valence-corrected chi connectivity index (χ0v) is 9.34. The molecular weight excluding hydrogens is 232 g/mol. The smallest absolute Gasteiger partial charge is 0.347 e. The molecule has 16 heavy (non-hydrogen) atoms. The van der Waals surface area contributed by atoms with E-state index in [-0.39, 0.29) is 16.7 Å². The zero-order valence-electron chi connectivity index (χ0n) is 8.59. The maximum atomic E-state index is 11.4. The zero-order chi connectivity index (χ0) is 12.0. The highest BCUT2D eigenvalue weighted by Gasteiger charge is 2.33. The van der Waals surface area contributed by atoms with Crippen molar-refractivity contribution in [3.8, 4) is 0 Å². The van der Waals surface area contributed by atoms with Crippen LogP contribution < -0.4 is 0 Å². The highest BCUT2D eigenvalue weighted by atomic mass is 35.5. The van der Waals surface area contributed by atoms with E-state index in [1.807, 2.05) is 0 Å². The molecule has 4 nitrogen and oxygen atoms in total. The van der Waals surface area contributed by atoms with Crippen LogP contribution in [-0.4, -0.2) is 17.2 Å². The van der Waals surface area contributed by atoms with Crippen LogP contribution in [0.5, 0.6) is 0 Å². The summed E-state index contributed by atoms with van der Waals surface area (Å²) in [5.41, 5.74) is 1.54. The van der Waals surface area contributed by atoms with Crippen LogP contribution in [-0.2, 0) is 4.74 Å². The highest BCUT2D eigenvalue weighted by Crippen LogP contribution is 2.29. The molecule has 1 heterocycles. The minimum atomic E-state index is -0.725. The van der Waals surface area contributed by atoms with E-state index >= 15 is 0 Å². The summed E-state index contributed by atoms with van der Waals surface area (Å²) < 4.78 is 4.47. The first kappa shape index (κ1) is 10.8. The van der Waals surface area contributed by atoms with Crippen molar-refractivity contribution in [2.75, 3.05) is 0 Å². The van der Waals surface area contributed by atoms with Crippen LogP contribution >= 0.6 is 11.6 Å². The summed E-state index contributed by atoms with van der Waals surface area (Å²) in [6.45, 7) is 3.22. The van der Waals surface area contributed by atoms with E-state index < -0.39 is 17.2 Å². The third-order valence-electron chi connectivity index (χ3n) is 2.58.